The van der Waals surface area contributed by atoms with Crippen LogP contribution in [0.25, 0.3) is 11.3 Å². The largest absolute Gasteiger partial charge is 0.449 e. The van der Waals surface area contributed by atoms with Crippen molar-refractivity contribution >= 4 is 41.3 Å². The van der Waals surface area contributed by atoms with E-state index in [1.54, 1.807) is 12.1 Å². The third-order valence-corrected chi connectivity index (χ3v) is 12.1. The molecular weight excluding hydrogens is 761 g/mol. The number of hydrogen-bond donors (Lipinski definition) is 4. The third kappa shape index (κ3) is 10.9. The second-order valence-electron chi connectivity index (χ2n) is 16.2. The van der Waals surface area contributed by atoms with E-state index in [4.69, 9.17) is 4.74 Å². The van der Waals surface area contributed by atoms with Gasteiger partial charge in [-0.1, -0.05) is 19.4 Å². The molecule has 0 bridgehead atoms. The first-order chi connectivity index (χ1) is 28.6. The monoisotopic (exact) mass is 815 g/mol. The van der Waals surface area contributed by atoms with Gasteiger partial charge in [-0.15, -0.1) is 0 Å². The molecule has 1 aromatic carbocycles. The van der Waals surface area contributed by atoms with Crippen LogP contribution in [0.4, 0.5) is 31.0 Å². The number of amides is 4. The standard InChI is InChI=1S/C43H55F2N9O5/c1-2-5-32(53-21-17-27(18-22-53)33-13-12-31(25-34(33)44)48-36-14-15-39(56)51-41(36)57)6-3-7-38(55)49-29-8-10-30(11-9-29)50-42-47-26-35(45)40(52-42)28-16-19-46-37(24-28)54-20-4-23-59-43(54)58/h12-13,16,19,24-27,29-30,32,36,48H,2-11,14-15,17-18,20-23H2,1H3,(H,49,55)(H,47,50,52)(H,51,56,57)/t29?,30?,32-,36?/m1/s1. The van der Waals surface area contributed by atoms with Gasteiger partial charge in [-0.25, -0.2) is 28.5 Å². The molecule has 2 atom stereocenters. The van der Waals surface area contributed by atoms with Gasteiger partial charge >= 0.3 is 6.09 Å². The Kier molecular flexibility index (Phi) is 14.0. The maximum absolute atomic E-state index is 15.3. The predicted molar refractivity (Wildman–Crippen MR) is 219 cm³/mol. The molecule has 1 aliphatic carbocycles. The zero-order valence-corrected chi connectivity index (χ0v) is 33.7. The molecule has 3 aromatic rings. The number of hydrogen-bond acceptors (Lipinski definition) is 11. The van der Waals surface area contributed by atoms with Crippen LogP contribution in [0.1, 0.15) is 108 Å². The smallest absolute Gasteiger partial charge is 0.415 e. The molecule has 1 unspecified atom stereocenters. The van der Waals surface area contributed by atoms with Gasteiger partial charge < -0.3 is 25.6 Å². The number of benzene rings is 1. The van der Waals surface area contributed by atoms with Gasteiger partial charge in [0, 0.05) is 55.0 Å². The van der Waals surface area contributed by atoms with Gasteiger partial charge in [-0.05, 0) is 119 Å². The Bertz CT molecular complexity index is 1970. The van der Waals surface area contributed by atoms with Gasteiger partial charge in [0.2, 0.25) is 23.7 Å². The highest BCUT2D eigenvalue weighted by Crippen LogP contribution is 2.34. The van der Waals surface area contributed by atoms with Crippen molar-refractivity contribution in [2.75, 3.05) is 41.8 Å². The Morgan fingerprint density at radius 2 is 1.73 bits per heavy atom. The molecule has 59 heavy (non-hydrogen) atoms. The fourth-order valence-electron chi connectivity index (χ4n) is 8.87. The van der Waals surface area contributed by atoms with Crippen molar-refractivity contribution in [2.24, 2.45) is 0 Å². The summed E-state index contributed by atoms with van der Waals surface area (Å²) in [6.07, 6.45) is 12.8. The lowest BCUT2D eigenvalue weighted by Crippen LogP contribution is -2.47. The summed E-state index contributed by atoms with van der Waals surface area (Å²) in [5.74, 6) is -0.644. The second kappa shape index (κ2) is 19.7. The summed E-state index contributed by atoms with van der Waals surface area (Å²) < 4.78 is 35.4. The molecule has 4 fully saturated rings. The van der Waals surface area contributed by atoms with E-state index in [0.717, 1.165) is 83.5 Å². The summed E-state index contributed by atoms with van der Waals surface area (Å²) in [5, 5.41) is 12.0. The van der Waals surface area contributed by atoms with Crippen LogP contribution in [-0.4, -0.2) is 94.1 Å². The van der Waals surface area contributed by atoms with Crippen LogP contribution in [0, 0.1) is 11.6 Å². The van der Waals surface area contributed by atoms with Gasteiger partial charge in [-0.3, -0.25) is 24.6 Å². The lowest BCUT2D eigenvalue weighted by Gasteiger charge is -2.38. The number of imide groups is 1. The Hall–Kier alpha value is -5.25. The number of cyclic esters (lactones) is 1. The van der Waals surface area contributed by atoms with Crippen molar-refractivity contribution in [1.29, 1.82) is 0 Å². The number of piperidine rings is 2. The number of pyridine rings is 1. The molecule has 4 amide bonds. The molecule has 0 spiro atoms. The quantitative estimate of drug-likeness (QED) is 0.125. The van der Waals surface area contributed by atoms with E-state index < -0.39 is 18.0 Å². The minimum absolute atomic E-state index is 0.0717. The van der Waals surface area contributed by atoms with Crippen molar-refractivity contribution in [1.82, 2.24) is 30.5 Å². The zero-order valence-electron chi connectivity index (χ0n) is 33.7. The molecule has 5 heterocycles. The van der Waals surface area contributed by atoms with Crippen LogP contribution in [0.3, 0.4) is 0 Å². The summed E-state index contributed by atoms with van der Waals surface area (Å²) in [6, 6.07) is 8.36. The summed E-state index contributed by atoms with van der Waals surface area (Å²) in [6.45, 7) is 4.77. The van der Waals surface area contributed by atoms with Crippen LogP contribution >= 0.6 is 0 Å². The number of halogens is 2. The lowest BCUT2D eigenvalue weighted by atomic mass is 9.87. The first-order valence-corrected chi connectivity index (χ1v) is 21.3. The maximum Gasteiger partial charge on any atom is 0.415 e. The first kappa shape index (κ1) is 41.9. The number of nitrogens with zero attached hydrogens (tertiary/aromatic N) is 5. The number of carbonyl (C=O) groups excluding carboxylic acids is 4. The summed E-state index contributed by atoms with van der Waals surface area (Å²) in [5.41, 5.74) is 1.82. The highest BCUT2D eigenvalue weighted by atomic mass is 19.1. The average molecular weight is 816 g/mol. The van der Waals surface area contributed by atoms with Crippen molar-refractivity contribution in [3.05, 3.63) is 59.9 Å². The van der Waals surface area contributed by atoms with Gasteiger partial charge in [0.15, 0.2) is 5.82 Å². The van der Waals surface area contributed by atoms with E-state index in [1.165, 1.54) is 17.2 Å². The number of ether oxygens (including phenoxy) is 1. The molecule has 4 aliphatic rings. The van der Waals surface area contributed by atoms with E-state index in [9.17, 15) is 23.6 Å². The van der Waals surface area contributed by atoms with Crippen LogP contribution in [0.15, 0.2) is 42.7 Å². The molecule has 3 aliphatic heterocycles. The topological polar surface area (TPSA) is 171 Å². The Labute approximate surface area is 343 Å². The normalized spacial score (nSPS) is 22.3. The summed E-state index contributed by atoms with van der Waals surface area (Å²) in [7, 11) is 0. The average Bonchev–Trinajstić information content (AvgIpc) is 3.23. The summed E-state index contributed by atoms with van der Waals surface area (Å²) >= 11 is 0. The molecule has 0 radical (unpaired) electrons. The van der Waals surface area contributed by atoms with E-state index in [0.29, 0.717) is 67.0 Å². The van der Waals surface area contributed by atoms with Crippen LogP contribution in [0.5, 0.6) is 0 Å². The number of carbonyl (C=O) groups is 4. The van der Waals surface area contributed by atoms with Crippen molar-refractivity contribution in [3.8, 4) is 11.3 Å². The van der Waals surface area contributed by atoms with Crippen LogP contribution in [-0.2, 0) is 19.1 Å². The van der Waals surface area contributed by atoms with Crippen LogP contribution in [0.2, 0.25) is 0 Å². The van der Waals surface area contributed by atoms with E-state index in [-0.39, 0.29) is 53.7 Å². The van der Waals surface area contributed by atoms with Crippen LogP contribution < -0.4 is 26.2 Å². The van der Waals surface area contributed by atoms with Crippen molar-refractivity contribution in [3.63, 3.8) is 0 Å². The zero-order chi connectivity index (χ0) is 41.3. The number of rotatable bonds is 15. The minimum Gasteiger partial charge on any atom is -0.449 e. The van der Waals surface area contributed by atoms with Gasteiger partial charge in [0.25, 0.3) is 0 Å². The van der Waals surface area contributed by atoms with Gasteiger partial charge in [-0.2, -0.15) is 0 Å². The summed E-state index contributed by atoms with van der Waals surface area (Å²) in [4.78, 5) is 65.7. The SMILES string of the molecule is CCC[C@H](CCCC(=O)NC1CCC(Nc2ncc(F)c(-c3ccnc(N4CCCOC4=O)c3)n2)CC1)N1CCC(c2ccc(NC3CCC(=O)NC3=O)cc2F)CC1. The third-order valence-electron chi connectivity index (χ3n) is 12.1. The Balaban J connectivity index is 0.822. The number of nitrogens with one attached hydrogen (secondary N) is 4. The molecule has 3 saturated heterocycles. The number of likely N-dealkylation sites (tertiary alicyclic amines) is 1. The molecule has 16 heteroatoms. The molecule has 4 N–H and O–H groups in total. The molecular formula is C43H55F2N9O5. The minimum atomic E-state index is -0.579. The van der Waals surface area contributed by atoms with E-state index >= 15 is 4.39 Å². The fourth-order valence-corrected chi connectivity index (χ4v) is 8.87. The first-order valence-electron chi connectivity index (χ1n) is 21.3. The van der Waals surface area contributed by atoms with E-state index in [1.807, 2.05) is 12.1 Å². The number of aromatic nitrogens is 3. The molecule has 7 rings (SSSR count). The Morgan fingerprint density at radius 1 is 0.932 bits per heavy atom. The molecule has 2 aromatic heterocycles. The maximum atomic E-state index is 15.3. The number of anilines is 3. The van der Waals surface area contributed by atoms with Gasteiger partial charge in [0.1, 0.15) is 23.4 Å². The second-order valence-corrected chi connectivity index (χ2v) is 16.2. The predicted octanol–water partition coefficient (Wildman–Crippen LogP) is 6.44. The van der Waals surface area contributed by atoms with Gasteiger partial charge in [0.05, 0.1) is 12.8 Å². The highest BCUT2D eigenvalue weighted by Gasteiger charge is 2.30. The molecule has 14 nitrogen and oxygen atoms in total. The van der Waals surface area contributed by atoms with E-state index in [2.05, 4.69) is 48.0 Å². The molecule has 316 valence electrons. The fraction of sp³-hybridized carbons (Fsp3) is 0.558. The molecule has 1 saturated carbocycles. The highest BCUT2D eigenvalue weighted by molar-refractivity contribution is 6.01. The van der Waals surface area contributed by atoms with Crippen molar-refractivity contribution < 1.29 is 32.7 Å². The Morgan fingerprint density at radius 3 is 2.47 bits per heavy atom. The lowest BCUT2D eigenvalue weighted by molar-refractivity contribution is -0.133. The van der Waals surface area contributed by atoms with Crippen molar-refractivity contribution in [2.45, 2.75) is 127 Å².